The smallest absolute Gasteiger partial charge is 0.178 e. The molecule has 0 aliphatic carbocycles. The summed E-state index contributed by atoms with van der Waals surface area (Å²) in [7, 11) is 1.74. The maximum atomic E-state index is 12.2. The minimum absolute atomic E-state index is 0.167. The molecule has 3 nitrogen and oxygen atoms in total. The van der Waals surface area contributed by atoms with E-state index in [1.165, 1.54) is 11.3 Å². The lowest BCUT2D eigenvalue weighted by molar-refractivity contribution is 0.0314. The first-order valence-corrected chi connectivity index (χ1v) is 8.23. The summed E-state index contributed by atoms with van der Waals surface area (Å²) in [5, 5.41) is 0. The van der Waals surface area contributed by atoms with Crippen molar-refractivity contribution in [2.24, 2.45) is 0 Å². The second-order valence-electron chi connectivity index (χ2n) is 4.40. The summed E-state index contributed by atoms with van der Waals surface area (Å²) in [4.78, 5) is 14.4. The Labute approximate surface area is 128 Å². The van der Waals surface area contributed by atoms with Gasteiger partial charge in [0.2, 0.25) is 0 Å². The number of Topliss-reactive ketones (excluding diaryl/α,β-unsaturated/α-hetero) is 1. The minimum atomic E-state index is 0.167. The molecule has 1 fully saturated rings. The van der Waals surface area contributed by atoms with Gasteiger partial charge in [-0.15, -0.1) is 11.3 Å². The number of ether oxygens (including phenoxy) is 1. The van der Waals surface area contributed by atoms with E-state index in [-0.39, 0.29) is 11.9 Å². The van der Waals surface area contributed by atoms with Gasteiger partial charge in [-0.25, -0.2) is 0 Å². The number of nitrogens with zero attached hydrogens (tertiary/aromatic N) is 1. The van der Waals surface area contributed by atoms with Crippen molar-refractivity contribution in [1.29, 1.82) is 0 Å². The summed E-state index contributed by atoms with van der Waals surface area (Å²) in [6, 6.07) is 1.88. The van der Waals surface area contributed by atoms with Crippen molar-refractivity contribution in [3.05, 3.63) is 19.2 Å². The monoisotopic (exact) mass is 395 g/mol. The number of likely N-dealkylation sites (tertiary alicyclic amines) is 1. The highest BCUT2D eigenvalue weighted by Gasteiger charge is 2.23. The fourth-order valence-corrected chi connectivity index (χ4v) is 5.02. The third-order valence-corrected chi connectivity index (χ3v) is 5.46. The zero-order chi connectivity index (χ0) is 13.1. The molecule has 0 spiro atoms. The molecule has 0 amide bonds. The molecule has 0 radical (unpaired) electrons. The third-order valence-electron chi connectivity index (χ3n) is 3.12. The molecule has 2 heterocycles. The third kappa shape index (κ3) is 3.63. The van der Waals surface area contributed by atoms with Crippen molar-refractivity contribution in [2.75, 3.05) is 26.7 Å². The van der Waals surface area contributed by atoms with E-state index < -0.39 is 0 Å². The number of thiophene rings is 1. The molecule has 1 aromatic rings. The quantitative estimate of drug-likeness (QED) is 0.728. The molecular weight excluding hydrogens is 382 g/mol. The zero-order valence-corrected chi connectivity index (χ0v) is 14.1. The number of carbonyl (C=O) groups excluding carboxylic acids is 1. The maximum absolute atomic E-state index is 12.2. The predicted molar refractivity (Wildman–Crippen MR) is 80.5 cm³/mol. The fraction of sp³-hybridized carbons (Fsp3) is 0.583. The summed E-state index contributed by atoms with van der Waals surface area (Å²) < 4.78 is 7.25. The predicted octanol–water partition coefficient (Wildman–Crippen LogP) is 3.57. The molecular formula is C12H15Br2NO2S. The van der Waals surface area contributed by atoms with E-state index in [0.29, 0.717) is 6.54 Å². The molecule has 0 aromatic carbocycles. The Morgan fingerprint density at radius 3 is 3.00 bits per heavy atom. The second kappa shape index (κ2) is 6.61. The van der Waals surface area contributed by atoms with Crippen LogP contribution in [0.3, 0.4) is 0 Å². The van der Waals surface area contributed by atoms with Gasteiger partial charge in [0, 0.05) is 19.2 Å². The number of halogens is 2. The van der Waals surface area contributed by atoms with Gasteiger partial charge < -0.3 is 4.74 Å². The SMILES string of the molecule is COC1CCCN(CC(=O)c2cc(Br)sc2Br)C1. The standard InChI is InChI=1S/C12H15Br2NO2S/c1-17-8-3-2-4-15(6-8)7-10(16)9-5-11(13)18-12(9)14/h5,8H,2-4,6-7H2,1H3. The van der Waals surface area contributed by atoms with E-state index in [9.17, 15) is 4.79 Å². The van der Waals surface area contributed by atoms with E-state index in [4.69, 9.17) is 4.74 Å². The van der Waals surface area contributed by atoms with Crippen LogP contribution in [0, 0.1) is 0 Å². The number of hydrogen-bond acceptors (Lipinski definition) is 4. The van der Waals surface area contributed by atoms with Crippen LogP contribution in [0.5, 0.6) is 0 Å². The molecule has 100 valence electrons. The van der Waals surface area contributed by atoms with Crippen LogP contribution in [0.4, 0.5) is 0 Å². The summed E-state index contributed by atoms with van der Waals surface area (Å²) in [5.41, 5.74) is 0.770. The van der Waals surface area contributed by atoms with Crippen LogP contribution >= 0.6 is 43.2 Å². The highest BCUT2D eigenvalue weighted by Crippen LogP contribution is 2.32. The first kappa shape index (κ1) is 14.7. The van der Waals surface area contributed by atoms with Gasteiger partial charge in [0.25, 0.3) is 0 Å². The molecule has 1 aliphatic heterocycles. The van der Waals surface area contributed by atoms with Crippen LogP contribution < -0.4 is 0 Å². The van der Waals surface area contributed by atoms with Crippen molar-refractivity contribution in [1.82, 2.24) is 4.90 Å². The van der Waals surface area contributed by atoms with Gasteiger partial charge >= 0.3 is 0 Å². The number of hydrogen-bond donors (Lipinski definition) is 0. The lowest BCUT2D eigenvalue weighted by Crippen LogP contribution is -2.41. The maximum Gasteiger partial charge on any atom is 0.178 e. The molecule has 2 rings (SSSR count). The normalized spacial score (nSPS) is 21.2. The molecule has 1 aromatic heterocycles. The average Bonchev–Trinajstić information content (AvgIpc) is 2.69. The minimum Gasteiger partial charge on any atom is -0.380 e. The van der Waals surface area contributed by atoms with Crippen LogP contribution in [0.25, 0.3) is 0 Å². The van der Waals surface area contributed by atoms with Gasteiger partial charge in [0.1, 0.15) is 0 Å². The Bertz CT molecular complexity index is 436. The molecule has 0 N–H and O–H groups in total. The number of rotatable bonds is 4. The van der Waals surface area contributed by atoms with E-state index in [2.05, 4.69) is 36.8 Å². The highest BCUT2D eigenvalue weighted by atomic mass is 79.9. The van der Waals surface area contributed by atoms with Gasteiger partial charge in [-0.3, -0.25) is 9.69 Å². The highest BCUT2D eigenvalue weighted by molar-refractivity contribution is 9.12. The van der Waals surface area contributed by atoms with Crippen molar-refractivity contribution < 1.29 is 9.53 Å². The van der Waals surface area contributed by atoms with Crippen molar-refractivity contribution in [2.45, 2.75) is 18.9 Å². The Morgan fingerprint density at radius 1 is 1.61 bits per heavy atom. The lowest BCUT2D eigenvalue weighted by Gasteiger charge is -2.31. The zero-order valence-electron chi connectivity index (χ0n) is 10.1. The topological polar surface area (TPSA) is 29.5 Å². The summed E-state index contributed by atoms with van der Waals surface area (Å²) in [6.45, 7) is 2.31. The van der Waals surface area contributed by atoms with Crippen LogP contribution in [0.1, 0.15) is 23.2 Å². The van der Waals surface area contributed by atoms with E-state index in [0.717, 1.165) is 39.1 Å². The largest absolute Gasteiger partial charge is 0.380 e. The lowest BCUT2D eigenvalue weighted by atomic mass is 10.1. The van der Waals surface area contributed by atoms with E-state index in [1.54, 1.807) is 7.11 Å². The second-order valence-corrected chi connectivity index (χ2v) is 8.15. The Kier molecular flexibility index (Phi) is 5.38. The molecule has 1 saturated heterocycles. The fourth-order valence-electron chi connectivity index (χ4n) is 2.17. The van der Waals surface area contributed by atoms with Gasteiger partial charge in [-0.1, -0.05) is 0 Å². The van der Waals surface area contributed by atoms with Crippen LogP contribution in [-0.4, -0.2) is 43.5 Å². The van der Waals surface area contributed by atoms with Gasteiger partial charge in [-0.2, -0.15) is 0 Å². The number of carbonyl (C=O) groups is 1. The number of methoxy groups -OCH3 is 1. The number of ketones is 1. The average molecular weight is 397 g/mol. The summed E-state index contributed by atoms with van der Waals surface area (Å²) >= 11 is 8.37. The molecule has 0 bridgehead atoms. The van der Waals surface area contributed by atoms with E-state index >= 15 is 0 Å². The molecule has 6 heteroatoms. The number of piperidine rings is 1. The van der Waals surface area contributed by atoms with Crippen LogP contribution in [0.15, 0.2) is 13.6 Å². The summed E-state index contributed by atoms with van der Waals surface area (Å²) in [6.07, 6.45) is 2.46. The van der Waals surface area contributed by atoms with Crippen molar-refractivity contribution >= 4 is 49.0 Å². The first-order chi connectivity index (χ1) is 8.60. The molecule has 1 aliphatic rings. The van der Waals surface area contributed by atoms with Gasteiger partial charge in [0.15, 0.2) is 5.78 Å². The van der Waals surface area contributed by atoms with Crippen molar-refractivity contribution in [3.8, 4) is 0 Å². The molecule has 18 heavy (non-hydrogen) atoms. The Morgan fingerprint density at radius 2 is 2.39 bits per heavy atom. The van der Waals surface area contributed by atoms with E-state index in [1.807, 2.05) is 6.07 Å². The summed E-state index contributed by atoms with van der Waals surface area (Å²) in [5.74, 6) is 0.167. The Hall–Kier alpha value is 0.250. The molecule has 1 atom stereocenters. The van der Waals surface area contributed by atoms with Crippen molar-refractivity contribution in [3.63, 3.8) is 0 Å². The Balaban J connectivity index is 1.97. The first-order valence-electron chi connectivity index (χ1n) is 5.83. The van der Waals surface area contributed by atoms with Gasteiger partial charge in [-0.05, 0) is 57.3 Å². The molecule has 0 saturated carbocycles. The molecule has 1 unspecified atom stereocenters. The van der Waals surface area contributed by atoms with Crippen LogP contribution in [-0.2, 0) is 4.74 Å². The van der Waals surface area contributed by atoms with Gasteiger partial charge in [0.05, 0.1) is 20.2 Å². The van der Waals surface area contributed by atoms with Crippen LogP contribution in [0.2, 0.25) is 0 Å².